The van der Waals surface area contributed by atoms with E-state index >= 15 is 0 Å². The molecule has 0 aromatic carbocycles. The third-order valence-corrected chi connectivity index (χ3v) is 2.46. The van der Waals surface area contributed by atoms with Crippen LogP contribution in [-0.2, 0) is 4.74 Å². The smallest absolute Gasteiger partial charge is 0.295 e. The summed E-state index contributed by atoms with van der Waals surface area (Å²) < 4.78 is 149. The molecule has 0 aliphatic carbocycles. The van der Waals surface area contributed by atoms with Crippen molar-refractivity contribution < 1.29 is 57.4 Å². The van der Waals surface area contributed by atoms with Gasteiger partial charge in [0.1, 0.15) is 0 Å². The lowest BCUT2D eigenvalue weighted by Gasteiger charge is -2.41. The molecule has 0 aromatic rings. The van der Waals surface area contributed by atoms with Crippen molar-refractivity contribution in [2.75, 3.05) is 0 Å². The summed E-state index contributed by atoms with van der Waals surface area (Å²) in [5.74, 6) is 0. The van der Waals surface area contributed by atoms with E-state index in [-0.39, 0.29) is 0 Å². The Labute approximate surface area is 116 Å². The second-order valence-electron chi connectivity index (χ2n) is 3.29. The summed E-state index contributed by atoms with van der Waals surface area (Å²) in [7, 11) is 0. The Morgan fingerprint density at radius 3 is 0.905 bits per heavy atom. The van der Waals surface area contributed by atoms with Crippen LogP contribution in [0.5, 0.6) is 0 Å². The Hall–Kier alpha value is -0.300. The van der Waals surface area contributed by atoms with Crippen molar-refractivity contribution in [3.8, 4) is 0 Å². The molecule has 0 N–H and O–H groups in total. The molecule has 0 saturated carbocycles. The molecule has 0 heterocycles. The van der Waals surface area contributed by atoms with E-state index < -0.39 is 34.8 Å². The van der Waals surface area contributed by atoms with Crippen LogP contribution in [0.15, 0.2) is 0 Å². The monoisotopic (exact) mass is 386 g/mol. The Morgan fingerprint density at radius 2 is 0.762 bits per heavy atom. The molecule has 0 amide bonds. The van der Waals surface area contributed by atoms with Gasteiger partial charge < -0.3 is 0 Å². The van der Waals surface area contributed by atoms with Crippen LogP contribution in [-0.4, -0.2) is 34.8 Å². The van der Waals surface area contributed by atoms with Crippen LogP contribution in [0.4, 0.5) is 52.7 Å². The molecular formula is C6Cl2F12O. The molecule has 0 aliphatic rings. The second-order valence-corrected chi connectivity index (χ2v) is 4.25. The molecule has 21 heavy (non-hydrogen) atoms. The van der Waals surface area contributed by atoms with Gasteiger partial charge in [-0.1, -0.05) is 0 Å². The van der Waals surface area contributed by atoms with Crippen molar-refractivity contribution in [1.82, 2.24) is 0 Å². The SMILES string of the molecule is FC(F)(F)C(OC(F)(Cl)C(F)(F)Cl)(C(F)(F)F)C(F)(F)F. The molecule has 0 aliphatic heterocycles. The molecule has 0 bridgehead atoms. The van der Waals surface area contributed by atoms with Gasteiger partial charge in [-0.2, -0.15) is 52.7 Å². The molecule has 0 spiro atoms. The van der Waals surface area contributed by atoms with Crippen LogP contribution in [0.1, 0.15) is 0 Å². The molecule has 1 atom stereocenters. The summed E-state index contributed by atoms with van der Waals surface area (Å²) in [4.78, 5) is 0. The number of hydrogen-bond donors (Lipinski definition) is 0. The normalized spacial score (nSPS) is 18.6. The predicted octanol–water partition coefficient (Wildman–Crippen LogP) is 5.12. The molecule has 15 heteroatoms. The first-order valence-corrected chi connectivity index (χ1v) is 4.81. The summed E-state index contributed by atoms with van der Waals surface area (Å²) >= 11 is 7.56. The lowest BCUT2D eigenvalue weighted by Crippen LogP contribution is -2.70. The zero-order valence-corrected chi connectivity index (χ0v) is 10.2. The summed E-state index contributed by atoms with van der Waals surface area (Å²) in [6.07, 6.45) is -22.3. The van der Waals surface area contributed by atoms with Gasteiger partial charge in [-0.25, -0.2) is 0 Å². The van der Waals surface area contributed by atoms with Gasteiger partial charge in [0.05, 0.1) is 0 Å². The van der Waals surface area contributed by atoms with Crippen LogP contribution in [0.25, 0.3) is 0 Å². The quantitative estimate of drug-likeness (QED) is 0.483. The van der Waals surface area contributed by atoms with Crippen LogP contribution in [0.3, 0.4) is 0 Å². The third kappa shape index (κ3) is 3.55. The highest BCUT2D eigenvalue weighted by atomic mass is 35.5. The lowest BCUT2D eigenvalue weighted by atomic mass is 10.0. The van der Waals surface area contributed by atoms with Crippen LogP contribution in [0.2, 0.25) is 0 Å². The van der Waals surface area contributed by atoms with Gasteiger partial charge in [0.15, 0.2) is 0 Å². The van der Waals surface area contributed by atoms with Gasteiger partial charge >= 0.3 is 34.8 Å². The molecule has 1 unspecified atom stereocenters. The molecule has 0 rings (SSSR count). The average molecular weight is 387 g/mol. The third-order valence-electron chi connectivity index (χ3n) is 1.81. The van der Waals surface area contributed by atoms with E-state index in [0.29, 0.717) is 0 Å². The predicted molar refractivity (Wildman–Crippen MR) is 42.5 cm³/mol. The molecular weight excluding hydrogens is 387 g/mol. The van der Waals surface area contributed by atoms with Gasteiger partial charge in [-0.05, 0) is 23.2 Å². The summed E-state index contributed by atoms with van der Waals surface area (Å²) in [5.41, 5.74) is -7.32. The van der Waals surface area contributed by atoms with E-state index in [9.17, 15) is 52.7 Å². The molecule has 128 valence electrons. The summed E-state index contributed by atoms with van der Waals surface area (Å²) in [6.45, 7) is 0. The largest absolute Gasteiger partial charge is 0.436 e. The highest BCUT2D eigenvalue weighted by Crippen LogP contribution is 2.58. The fourth-order valence-electron chi connectivity index (χ4n) is 0.906. The number of rotatable bonds is 3. The summed E-state index contributed by atoms with van der Waals surface area (Å²) in [5, 5.41) is -11.8. The van der Waals surface area contributed by atoms with Crippen molar-refractivity contribution in [1.29, 1.82) is 0 Å². The number of hydrogen-bond acceptors (Lipinski definition) is 1. The van der Waals surface area contributed by atoms with Gasteiger partial charge in [0.2, 0.25) is 0 Å². The minimum Gasteiger partial charge on any atom is -0.295 e. The van der Waals surface area contributed by atoms with Crippen LogP contribution >= 0.6 is 23.2 Å². The van der Waals surface area contributed by atoms with Crippen molar-refractivity contribution in [3.63, 3.8) is 0 Å². The van der Waals surface area contributed by atoms with Crippen LogP contribution in [0, 0.1) is 0 Å². The number of ether oxygens (including phenoxy) is 1. The first-order valence-electron chi connectivity index (χ1n) is 4.05. The fourth-order valence-corrected chi connectivity index (χ4v) is 1.06. The van der Waals surface area contributed by atoms with Crippen molar-refractivity contribution in [2.45, 2.75) is 34.8 Å². The Kier molecular flexibility index (Phi) is 5.04. The molecule has 0 radical (unpaired) electrons. The Balaban J connectivity index is 6.35. The lowest BCUT2D eigenvalue weighted by molar-refractivity contribution is -0.483. The Morgan fingerprint density at radius 1 is 0.524 bits per heavy atom. The maximum atomic E-state index is 12.8. The van der Waals surface area contributed by atoms with Gasteiger partial charge in [0, 0.05) is 0 Å². The molecule has 0 saturated heterocycles. The highest BCUT2D eigenvalue weighted by Gasteiger charge is 2.88. The van der Waals surface area contributed by atoms with Crippen molar-refractivity contribution in [2.24, 2.45) is 0 Å². The fraction of sp³-hybridized carbons (Fsp3) is 1.00. The molecule has 0 fully saturated rings. The van der Waals surface area contributed by atoms with E-state index in [2.05, 4.69) is 23.2 Å². The minimum absolute atomic E-state index is 1.93. The second kappa shape index (κ2) is 5.11. The van der Waals surface area contributed by atoms with E-state index in [1.807, 2.05) is 4.74 Å². The minimum atomic E-state index is -7.43. The standard InChI is InChI=1S/C6Cl2F12O/c7-2(9,10)3(8,11)21-1(4(12,13)14,5(15,16)17)6(18,19)20. The number of alkyl halides is 14. The highest BCUT2D eigenvalue weighted by molar-refractivity contribution is 6.31. The van der Waals surface area contributed by atoms with Crippen LogP contribution < -0.4 is 0 Å². The maximum absolute atomic E-state index is 12.8. The van der Waals surface area contributed by atoms with E-state index in [0.717, 1.165) is 0 Å². The first kappa shape index (κ1) is 20.7. The van der Waals surface area contributed by atoms with E-state index in [1.54, 1.807) is 0 Å². The number of halogens is 14. The topological polar surface area (TPSA) is 9.23 Å². The molecule has 1 nitrogen and oxygen atoms in total. The Bertz CT molecular complexity index is 337. The van der Waals surface area contributed by atoms with E-state index in [4.69, 9.17) is 0 Å². The van der Waals surface area contributed by atoms with Gasteiger partial charge in [-0.15, -0.1) is 0 Å². The molecule has 0 aromatic heterocycles. The van der Waals surface area contributed by atoms with E-state index in [1.165, 1.54) is 0 Å². The maximum Gasteiger partial charge on any atom is 0.436 e. The van der Waals surface area contributed by atoms with Gasteiger partial charge in [0.25, 0.3) is 0 Å². The zero-order chi connectivity index (χ0) is 17.7. The van der Waals surface area contributed by atoms with Gasteiger partial charge in [-0.3, -0.25) is 4.74 Å². The van der Waals surface area contributed by atoms with Crippen molar-refractivity contribution >= 4 is 23.2 Å². The summed E-state index contributed by atoms with van der Waals surface area (Å²) in [6, 6.07) is 0. The average Bonchev–Trinajstić information content (AvgIpc) is 2.05. The van der Waals surface area contributed by atoms with Crippen molar-refractivity contribution in [3.05, 3.63) is 0 Å². The first-order chi connectivity index (χ1) is 8.71. The zero-order valence-electron chi connectivity index (χ0n) is 8.70.